The Labute approximate surface area is 142 Å². The van der Waals surface area contributed by atoms with Gasteiger partial charge in [-0.2, -0.15) is 0 Å². The van der Waals surface area contributed by atoms with Crippen molar-refractivity contribution in [3.8, 4) is 0 Å². The minimum absolute atomic E-state index is 0.0674. The van der Waals surface area contributed by atoms with Gasteiger partial charge in [-0.1, -0.05) is 24.6 Å². The van der Waals surface area contributed by atoms with Crippen LogP contribution in [0.25, 0.3) is 0 Å². The minimum Gasteiger partial charge on any atom is -0.504 e. The first kappa shape index (κ1) is 16.4. The molecule has 24 heavy (non-hydrogen) atoms. The lowest BCUT2D eigenvalue weighted by Crippen LogP contribution is -2.29. The molecule has 0 aromatic heterocycles. The number of imide groups is 1. The highest BCUT2D eigenvalue weighted by molar-refractivity contribution is 6.31. The van der Waals surface area contributed by atoms with E-state index < -0.39 is 35.1 Å². The summed E-state index contributed by atoms with van der Waals surface area (Å²) in [4.78, 5) is 38.0. The van der Waals surface area contributed by atoms with Gasteiger partial charge < -0.3 is 5.11 Å². The molecule has 124 valence electrons. The van der Waals surface area contributed by atoms with Gasteiger partial charge in [0.05, 0.1) is 22.7 Å². The lowest BCUT2D eigenvalue weighted by atomic mass is 9.83. The van der Waals surface area contributed by atoms with Gasteiger partial charge in [0.2, 0.25) is 5.78 Å². The lowest BCUT2D eigenvalue weighted by molar-refractivity contribution is -0.137. The summed E-state index contributed by atoms with van der Waals surface area (Å²) < 4.78 is 13.2. The van der Waals surface area contributed by atoms with Crippen LogP contribution >= 0.6 is 11.6 Å². The SMILES string of the molecule is CC1=C2C(=O)N(Cc3ccc(F)c(Cl)c3)C(=O)C2=C(O)C(=O)C1C. The number of ketones is 1. The molecule has 0 bridgehead atoms. The molecular formula is C17H13ClFNO4. The van der Waals surface area contributed by atoms with Crippen LogP contribution in [0.3, 0.4) is 0 Å². The van der Waals surface area contributed by atoms with Crippen molar-refractivity contribution in [2.24, 2.45) is 5.92 Å². The van der Waals surface area contributed by atoms with E-state index in [1.54, 1.807) is 13.8 Å². The second-order valence-electron chi connectivity index (χ2n) is 5.81. The fourth-order valence-electron chi connectivity index (χ4n) is 2.87. The summed E-state index contributed by atoms with van der Waals surface area (Å²) in [5, 5.41) is 9.89. The van der Waals surface area contributed by atoms with E-state index in [4.69, 9.17) is 11.6 Å². The summed E-state index contributed by atoms with van der Waals surface area (Å²) in [6.45, 7) is 3.03. The highest BCUT2D eigenvalue weighted by Gasteiger charge is 2.47. The van der Waals surface area contributed by atoms with Crippen LogP contribution in [0.5, 0.6) is 0 Å². The summed E-state index contributed by atoms with van der Waals surface area (Å²) >= 11 is 5.71. The summed E-state index contributed by atoms with van der Waals surface area (Å²) in [5.74, 6) is -3.86. The normalized spacial score (nSPS) is 21.1. The molecule has 2 amide bonds. The number of amides is 2. The van der Waals surface area contributed by atoms with Crippen molar-refractivity contribution in [3.05, 3.63) is 57.1 Å². The molecule has 1 atom stereocenters. The van der Waals surface area contributed by atoms with Crippen molar-refractivity contribution in [2.45, 2.75) is 20.4 Å². The highest BCUT2D eigenvalue weighted by Crippen LogP contribution is 2.38. The third-order valence-electron chi connectivity index (χ3n) is 4.40. The van der Waals surface area contributed by atoms with Crippen molar-refractivity contribution in [2.75, 3.05) is 0 Å². The summed E-state index contributed by atoms with van der Waals surface area (Å²) in [7, 11) is 0. The maximum Gasteiger partial charge on any atom is 0.265 e. The van der Waals surface area contributed by atoms with Crippen LogP contribution in [-0.4, -0.2) is 27.6 Å². The number of hydrogen-bond donors (Lipinski definition) is 1. The molecule has 1 fully saturated rings. The molecule has 2 aliphatic rings. The van der Waals surface area contributed by atoms with Gasteiger partial charge >= 0.3 is 0 Å². The predicted octanol–water partition coefficient (Wildman–Crippen LogP) is 2.70. The average Bonchev–Trinajstić information content (AvgIpc) is 2.79. The molecule has 1 aromatic carbocycles. The molecule has 1 saturated heterocycles. The van der Waals surface area contributed by atoms with Crippen molar-refractivity contribution in [1.29, 1.82) is 0 Å². The molecule has 1 aromatic rings. The Balaban J connectivity index is 2.04. The van der Waals surface area contributed by atoms with Gasteiger partial charge in [0, 0.05) is 5.92 Å². The van der Waals surface area contributed by atoms with E-state index in [1.165, 1.54) is 12.1 Å². The van der Waals surface area contributed by atoms with Crippen molar-refractivity contribution >= 4 is 29.2 Å². The van der Waals surface area contributed by atoms with Gasteiger partial charge in [0.1, 0.15) is 5.82 Å². The van der Waals surface area contributed by atoms with Crippen LogP contribution in [0.15, 0.2) is 40.7 Å². The first-order valence-electron chi connectivity index (χ1n) is 7.22. The van der Waals surface area contributed by atoms with Crippen LogP contribution in [-0.2, 0) is 20.9 Å². The number of fused-ring (bicyclic) bond motifs is 1. The first-order chi connectivity index (χ1) is 11.2. The van der Waals surface area contributed by atoms with Crippen molar-refractivity contribution in [1.82, 2.24) is 4.90 Å². The molecule has 7 heteroatoms. The molecular weight excluding hydrogens is 337 g/mol. The molecule has 1 unspecified atom stereocenters. The number of aliphatic hydroxyl groups excluding tert-OH is 1. The number of aliphatic hydroxyl groups is 1. The largest absolute Gasteiger partial charge is 0.504 e. The number of nitrogens with zero attached hydrogens (tertiary/aromatic N) is 1. The zero-order valence-electron chi connectivity index (χ0n) is 12.9. The third-order valence-corrected chi connectivity index (χ3v) is 4.69. The number of Topliss-reactive ketones (excluding diaryl/α,β-unsaturated/α-hetero) is 1. The van der Waals surface area contributed by atoms with Gasteiger partial charge in [-0.05, 0) is 30.2 Å². The zero-order chi connectivity index (χ0) is 17.8. The number of likely N-dealkylation sites (tertiary alicyclic amines) is 1. The summed E-state index contributed by atoms with van der Waals surface area (Å²) in [5.41, 5.74) is 0.719. The van der Waals surface area contributed by atoms with Crippen LogP contribution in [0.1, 0.15) is 19.4 Å². The molecule has 3 rings (SSSR count). The lowest BCUT2D eigenvalue weighted by Gasteiger charge is -2.18. The predicted molar refractivity (Wildman–Crippen MR) is 83.5 cm³/mol. The Hall–Kier alpha value is -2.47. The Morgan fingerprint density at radius 3 is 2.46 bits per heavy atom. The van der Waals surface area contributed by atoms with E-state index in [-0.39, 0.29) is 22.7 Å². The Kier molecular flexibility index (Phi) is 3.80. The average molecular weight is 350 g/mol. The monoisotopic (exact) mass is 349 g/mol. The van der Waals surface area contributed by atoms with E-state index in [2.05, 4.69) is 0 Å². The van der Waals surface area contributed by atoms with E-state index in [0.29, 0.717) is 11.1 Å². The third kappa shape index (κ3) is 2.26. The first-order valence-corrected chi connectivity index (χ1v) is 7.60. The van der Waals surface area contributed by atoms with Gasteiger partial charge in [-0.3, -0.25) is 19.3 Å². The smallest absolute Gasteiger partial charge is 0.265 e. The Morgan fingerprint density at radius 1 is 1.21 bits per heavy atom. The molecule has 1 heterocycles. The second kappa shape index (κ2) is 5.56. The molecule has 5 nitrogen and oxygen atoms in total. The summed E-state index contributed by atoms with van der Waals surface area (Å²) in [6, 6.07) is 3.87. The van der Waals surface area contributed by atoms with Crippen LogP contribution in [0.4, 0.5) is 4.39 Å². The van der Waals surface area contributed by atoms with Crippen LogP contribution < -0.4 is 0 Å². The van der Waals surface area contributed by atoms with Crippen molar-refractivity contribution in [3.63, 3.8) is 0 Å². The van der Waals surface area contributed by atoms with Crippen LogP contribution in [0, 0.1) is 11.7 Å². The molecule has 0 saturated carbocycles. The molecule has 1 aliphatic heterocycles. The van der Waals surface area contributed by atoms with Crippen LogP contribution in [0.2, 0.25) is 5.02 Å². The topological polar surface area (TPSA) is 74.7 Å². The summed E-state index contributed by atoms with van der Waals surface area (Å²) in [6.07, 6.45) is 0. The van der Waals surface area contributed by atoms with E-state index in [1.807, 2.05) is 0 Å². The number of carbonyl (C=O) groups is 3. The quantitative estimate of drug-likeness (QED) is 0.833. The standard InChI is InChI=1S/C17H13ClFNO4/c1-7-8(2)14(21)15(22)13-12(7)16(23)20(17(13)24)6-9-3-4-11(19)10(18)5-9/h3-5,8,22H,6H2,1-2H3. The van der Waals surface area contributed by atoms with Gasteiger partial charge in [-0.15, -0.1) is 0 Å². The number of allylic oxidation sites excluding steroid dienone is 2. The molecule has 0 spiro atoms. The Morgan fingerprint density at radius 2 is 1.83 bits per heavy atom. The van der Waals surface area contributed by atoms with Crippen molar-refractivity contribution < 1.29 is 23.9 Å². The number of hydrogen-bond acceptors (Lipinski definition) is 4. The molecule has 0 radical (unpaired) electrons. The van der Waals surface area contributed by atoms with Gasteiger partial charge in [0.25, 0.3) is 11.8 Å². The van der Waals surface area contributed by atoms with E-state index >= 15 is 0 Å². The number of rotatable bonds is 2. The van der Waals surface area contributed by atoms with E-state index in [9.17, 15) is 23.9 Å². The molecule has 1 N–H and O–H groups in total. The number of halogens is 2. The fraction of sp³-hybridized carbons (Fsp3) is 0.235. The van der Waals surface area contributed by atoms with Gasteiger partial charge in [-0.25, -0.2) is 4.39 Å². The zero-order valence-corrected chi connectivity index (χ0v) is 13.6. The maximum absolute atomic E-state index is 13.2. The maximum atomic E-state index is 13.2. The van der Waals surface area contributed by atoms with E-state index in [0.717, 1.165) is 11.0 Å². The Bertz CT molecular complexity index is 871. The minimum atomic E-state index is -0.743. The van der Waals surface area contributed by atoms with Gasteiger partial charge in [0.15, 0.2) is 5.76 Å². The molecule has 1 aliphatic carbocycles. The number of benzene rings is 1. The second-order valence-corrected chi connectivity index (χ2v) is 6.22. The number of carbonyl (C=O) groups excluding carboxylic acids is 3. The highest BCUT2D eigenvalue weighted by atomic mass is 35.5. The fourth-order valence-corrected chi connectivity index (χ4v) is 3.07.